The number of fused-ring (bicyclic) bond motifs is 1. The molecule has 2 N–H and O–H groups in total. The first-order valence-corrected chi connectivity index (χ1v) is 11.3. The van der Waals surface area contributed by atoms with E-state index in [1.807, 2.05) is 17.7 Å². The number of nitrogens with zero attached hydrogens (tertiary/aromatic N) is 3. The van der Waals surface area contributed by atoms with Crippen LogP contribution in [0.5, 0.6) is 11.5 Å². The van der Waals surface area contributed by atoms with Crippen LogP contribution < -0.4 is 4.74 Å². The van der Waals surface area contributed by atoms with E-state index in [-0.39, 0.29) is 23.2 Å². The summed E-state index contributed by atoms with van der Waals surface area (Å²) in [6.07, 6.45) is 6.54. The average molecular weight is 460 g/mol. The molecule has 0 saturated carbocycles. The van der Waals surface area contributed by atoms with Crippen LogP contribution in [-0.2, 0) is 22.6 Å². The van der Waals surface area contributed by atoms with Gasteiger partial charge in [-0.15, -0.1) is 0 Å². The van der Waals surface area contributed by atoms with Gasteiger partial charge in [0, 0.05) is 37.5 Å². The second-order valence-electron chi connectivity index (χ2n) is 8.70. The molecule has 1 saturated heterocycles. The van der Waals surface area contributed by atoms with E-state index in [0.29, 0.717) is 37.1 Å². The first-order chi connectivity index (χ1) is 16.4. The highest BCUT2D eigenvalue weighted by Gasteiger charge is 2.46. The number of aryl methyl sites for hydroxylation is 1. The zero-order valence-corrected chi connectivity index (χ0v) is 18.7. The second kappa shape index (κ2) is 8.70. The van der Waals surface area contributed by atoms with Gasteiger partial charge < -0.3 is 24.4 Å². The Bertz CT molecular complexity index is 1280. The molecule has 0 bridgehead atoms. The van der Waals surface area contributed by atoms with E-state index in [4.69, 9.17) is 4.74 Å². The smallest absolute Gasteiger partial charge is 0.295 e. The minimum Gasteiger partial charge on any atom is -0.508 e. The van der Waals surface area contributed by atoms with Gasteiger partial charge in [-0.3, -0.25) is 9.59 Å². The van der Waals surface area contributed by atoms with Crippen LogP contribution in [0.1, 0.15) is 36.1 Å². The van der Waals surface area contributed by atoms with Gasteiger partial charge in [-0.05, 0) is 54.8 Å². The standard InChI is InChI=1S/C26H25N3O5/c1-16-12-19-13-18(6-7-21(19)34-16)24(31)22-23(17-4-2-5-20(30)14-17)29(26(33)25(22)32)10-3-9-28-11-8-27-15-28/h2,4-8,11,13-16,23,30-31H,3,9-10,12H2,1H3/b24-22+/t16-,23+/m0/s1. The summed E-state index contributed by atoms with van der Waals surface area (Å²) in [6.45, 7) is 2.89. The van der Waals surface area contributed by atoms with Gasteiger partial charge in [0.15, 0.2) is 0 Å². The van der Waals surface area contributed by atoms with Crippen LogP contribution in [0.3, 0.4) is 0 Å². The molecule has 174 valence electrons. The summed E-state index contributed by atoms with van der Waals surface area (Å²) >= 11 is 0. The topological polar surface area (TPSA) is 105 Å². The van der Waals surface area contributed by atoms with E-state index in [1.165, 1.54) is 17.0 Å². The Kier molecular flexibility index (Phi) is 5.57. The molecule has 1 aromatic heterocycles. The Morgan fingerprint density at radius 2 is 2.03 bits per heavy atom. The number of carbonyl (C=O) groups excluding carboxylic acids is 2. The molecule has 3 heterocycles. The first-order valence-electron chi connectivity index (χ1n) is 11.3. The van der Waals surface area contributed by atoms with Crippen LogP contribution in [0.25, 0.3) is 5.76 Å². The monoisotopic (exact) mass is 459 g/mol. The van der Waals surface area contributed by atoms with Gasteiger partial charge in [-0.25, -0.2) is 4.98 Å². The molecule has 3 aromatic rings. The number of Topliss-reactive ketones (excluding diaryl/α,β-unsaturated/α-hetero) is 1. The molecule has 0 spiro atoms. The Morgan fingerprint density at radius 3 is 2.79 bits per heavy atom. The number of phenols is 1. The number of aromatic nitrogens is 2. The highest BCUT2D eigenvalue weighted by atomic mass is 16.5. The molecule has 34 heavy (non-hydrogen) atoms. The maximum atomic E-state index is 13.2. The Morgan fingerprint density at radius 1 is 1.18 bits per heavy atom. The van der Waals surface area contributed by atoms with E-state index >= 15 is 0 Å². The fourth-order valence-corrected chi connectivity index (χ4v) is 4.72. The molecule has 1 fully saturated rings. The molecule has 0 radical (unpaired) electrons. The number of carbonyl (C=O) groups is 2. The van der Waals surface area contributed by atoms with Gasteiger partial charge in [0.05, 0.1) is 17.9 Å². The van der Waals surface area contributed by atoms with Gasteiger partial charge in [0.2, 0.25) is 0 Å². The van der Waals surface area contributed by atoms with E-state index in [1.54, 1.807) is 42.9 Å². The van der Waals surface area contributed by atoms with Crippen molar-refractivity contribution in [3.63, 3.8) is 0 Å². The predicted molar refractivity (Wildman–Crippen MR) is 124 cm³/mol. The lowest BCUT2D eigenvalue weighted by Gasteiger charge is -2.25. The number of ketones is 1. The van der Waals surface area contributed by atoms with Crippen molar-refractivity contribution in [1.82, 2.24) is 14.5 Å². The van der Waals surface area contributed by atoms with Crippen molar-refractivity contribution in [3.8, 4) is 11.5 Å². The van der Waals surface area contributed by atoms with Crippen molar-refractivity contribution < 1.29 is 24.5 Å². The maximum absolute atomic E-state index is 13.2. The lowest BCUT2D eigenvalue weighted by molar-refractivity contribution is -0.139. The minimum atomic E-state index is -0.807. The van der Waals surface area contributed by atoms with Crippen molar-refractivity contribution >= 4 is 17.4 Å². The summed E-state index contributed by atoms with van der Waals surface area (Å²) in [5.41, 5.74) is 1.98. The third-order valence-corrected chi connectivity index (χ3v) is 6.27. The number of aliphatic hydroxyl groups excluding tert-OH is 1. The fourth-order valence-electron chi connectivity index (χ4n) is 4.72. The summed E-state index contributed by atoms with van der Waals surface area (Å²) in [4.78, 5) is 31.7. The number of benzene rings is 2. The lowest BCUT2D eigenvalue weighted by atomic mass is 9.94. The number of aliphatic hydroxyl groups is 1. The summed E-state index contributed by atoms with van der Waals surface area (Å²) in [6, 6.07) is 10.9. The summed E-state index contributed by atoms with van der Waals surface area (Å²) in [5.74, 6) is -0.859. The number of hydrogen-bond acceptors (Lipinski definition) is 6. The number of ether oxygens (including phenoxy) is 1. The van der Waals surface area contributed by atoms with Crippen molar-refractivity contribution in [2.45, 2.75) is 38.5 Å². The molecule has 2 atom stereocenters. The normalized spacial score (nSPS) is 21.0. The van der Waals surface area contributed by atoms with Gasteiger partial charge >= 0.3 is 0 Å². The van der Waals surface area contributed by atoms with E-state index in [2.05, 4.69) is 4.98 Å². The van der Waals surface area contributed by atoms with Crippen LogP contribution in [0, 0.1) is 0 Å². The van der Waals surface area contributed by atoms with Crippen LogP contribution in [0.2, 0.25) is 0 Å². The maximum Gasteiger partial charge on any atom is 0.295 e. The molecule has 8 nitrogen and oxygen atoms in total. The van der Waals surface area contributed by atoms with Crippen LogP contribution >= 0.6 is 0 Å². The van der Waals surface area contributed by atoms with Gasteiger partial charge in [-0.1, -0.05) is 12.1 Å². The lowest BCUT2D eigenvalue weighted by Crippen LogP contribution is -2.31. The predicted octanol–water partition coefficient (Wildman–Crippen LogP) is 3.42. The summed E-state index contributed by atoms with van der Waals surface area (Å²) < 4.78 is 7.64. The van der Waals surface area contributed by atoms with E-state index < -0.39 is 17.7 Å². The summed E-state index contributed by atoms with van der Waals surface area (Å²) in [7, 11) is 0. The Hall–Kier alpha value is -4.07. The zero-order chi connectivity index (χ0) is 23.8. The van der Waals surface area contributed by atoms with E-state index in [0.717, 1.165) is 11.3 Å². The quantitative estimate of drug-likeness (QED) is 0.333. The molecule has 2 aliphatic rings. The third kappa shape index (κ3) is 3.91. The van der Waals surface area contributed by atoms with Crippen molar-refractivity contribution in [1.29, 1.82) is 0 Å². The third-order valence-electron chi connectivity index (χ3n) is 6.27. The molecular formula is C26H25N3O5. The van der Waals surface area contributed by atoms with Crippen LogP contribution in [0.15, 0.2) is 66.8 Å². The van der Waals surface area contributed by atoms with Gasteiger partial charge in [-0.2, -0.15) is 0 Å². The SMILES string of the molecule is C[C@H]1Cc2cc(/C(O)=C3\C(=O)C(=O)N(CCCn4ccnc4)[C@@H]3c3cccc(O)c3)ccc2O1. The van der Waals surface area contributed by atoms with Crippen molar-refractivity contribution in [3.05, 3.63) is 83.4 Å². The number of aromatic hydroxyl groups is 1. The number of likely N-dealkylation sites (tertiary alicyclic amines) is 1. The first kappa shape index (κ1) is 21.8. The fraction of sp³-hybridized carbons (Fsp3) is 0.269. The largest absolute Gasteiger partial charge is 0.508 e. The molecular weight excluding hydrogens is 434 g/mol. The number of amides is 1. The highest BCUT2D eigenvalue weighted by Crippen LogP contribution is 2.41. The molecule has 5 rings (SSSR count). The van der Waals surface area contributed by atoms with Crippen molar-refractivity contribution in [2.75, 3.05) is 6.54 Å². The Balaban J connectivity index is 1.53. The van der Waals surface area contributed by atoms with Gasteiger partial charge in [0.25, 0.3) is 11.7 Å². The second-order valence-corrected chi connectivity index (χ2v) is 8.70. The molecule has 8 heteroatoms. The molecule has 0 unspecified atom stereocenters. The summed E-state index contributed by atoms with van der Waals surface area (Å²) in [5, 5.41) is 21.3. The number of hydrogen-bond donors (Lipinski definition) is 2. The molecule has 2 aliphatic heterocycles. The Labute approximate surface area is 196 Å². The number of imidazole rings is 1. The highest BCUT2D eigenvalue weighted by molar-refractivity contribution is 6.46. The molecule has 0 aliphatic carbocycles. The van der Waals surface area contributed by atoms with Crippen molar-refractivity contribution in [2.24, 2.45) is 0 Å². The van der Waals surface area contributed by atoms with Gasteiger partial charge in [0.1, 0.15) is 23.4 Å². The molecule has 2 aromatic carbocycles. The van der Waals surface area contributed by atoms with Crippen LogP contribution in [0.4, 0.5) is 0 Å². The van der Waals surface area contributed by atoms with E-state index in [9.17, 15) is 19.8 Å². The minimum absolute atomic E-state index is 0.0187. The zero-order valence-electron chi connectivity index (χ0n) is 18.7. The van der Waals surface area contributed by atoms with Crippen LogP contribution in [-0.4, -0.2) is 49.0 Å². The average Bonchev–Trinajstić information content (AvgIpc) is 3.52. The number of phenolic OH excluding ortho intramolecular Hbond substituents is 1. The number of rotatable bonds is 6. The molecule has 1 amide bonds.